The normalized spacial score (nSPS) is 23.6. The smallest absolute Gasteiger partial charge is 0.318 e. The fourth-order valence-corrected chi connectivity index (χ4v) is 5.36. The molecule has 2 aromatic carbocycles. The molecule has 1 aliphatic carbocycles. The molecule has 3 atom stereocenters. The molecule has 0 bridgehead atoms. The van der Waals surface area contributed by atoms with Crippen LogP contribution in [0.2, 0.25) is 0 Å². The quantitative estimate of drug-likeness (QED) is 0.455. The second-order valence-corrected chi connectivity index (χ2v) is 9.04. The monoisotopic (exact) mass is 452 g/mol. The van der Waals surface area contributed by atoms with Gasteiger partial charge in [0.2, 0.25) is 0 Å². The lowest BCUT2D eigenvalue weighted by molar-refractivity contribution is -0.186. The number of carbonyl (C=O) groups is 3. The molecule has 0 saturated heterocycles. The highest BCUT2D eigenvalue weighted by Crippen LogP contribution is 2.55. The first-order valence-electron chi connectivity index (χ1n) is 11.6. The Labute approximate surface area is 194 Å². The third-order valence-corrected chi connectivity index (χ3v) is 7.16. The number of aliphatic carboxylic acids is 2. The molecule has 0 aliphatic heterocycles. The third kappa shape index (κ3) is 4.44. The first-order valence-corrected chi connectivity index (χ1v) is 11.6. The van der Waals surface area contributed by atoms with Crippen LogP contribution in [0.1, 0.15) is 68.2 Å². The van der Waals surface area contributed by atoms with Crippen LogP contribution in [0.25, 0.3) is 0 Å². The number of rotatable bonds is 10. The highest BCUT2D eigenvalue weighted by molar-refractivity contribution is 6.10. The topological polar surface area (TPSA) is 112 Å². The summed E-state index contributed by atoms with van der Waals surface area (Å²) in [6, 6.07) is 15.8. The number of hydrogen-bond donors (Lipinski definition) is 3. The Morgan fingerprint density at radius 2 is 1.55 bits per heavy atom. The minimum atomic E-state index is -2.23. The molecule has 1 aliphatic rings. The van der Waals surface area contributed by atoms with E-state index in [9.17, 15) is 29.7 Å². The minimum absolute atomic E-state index is 0.0550. The van der Waals surface area contributed by atoms with Gasteiger partial charge < -0.3 is 15.3 Å². The van der Waals surface area contributed by atoms with Crippen LogP contribution < -0.4 is 0 Å². The summed E-state index contributed by atoms with van der Waals surface area (Å²) in [6.07, 6.45) is 1.48. The average molecular weight is 453 g/mol. The van der Waals surface area contributed by atoms with E-state index in [1.807, 2.05) is 19.1 Å². The van der Waals surface area contributed by atoms with Crippen molar-refractivity contribution in [1.29, 1.82) is 0 Å². The Morgan fingerprint density at radius 1 is 0.909 bits per heavy atom. The van der Waals surface area contributed by atoms with E-state index in [2.05, 4.69) is 0 Å². The number of aliphatic hydroxyl groups excluding tert-OH is 1. The van der Waals surface area contributed by atoms with Crippen LogP contribution in [0.4, 0.5) is 0 Å². The molecular weight excluding hydrogens is 420 g/mol. The molecule has 3 N–H and O–H groups in total. The maximum Gasteiger partial charge on any atom is 0.318 e. The van der Waals surface area contributed by atoms with Gasteiger partial charge in [-0.1, -0.05) is 80.8 Å². The summed E-state index contributed by atoms with van der Waals surface area (Å²) in [4.78, 5) is 39.5. The van der Waals surface area contributed by atoms with Crippen molar-refractivity contribution < 1.29 is 29.7 Å². The molecule has 2 aromatic rings. The molecule has 0 radical (unpaired) electrons. The van der Waals surface area contributed by atoms with E-state index >= 15 is 0 Å². The lowest BCUT2D eigenvalue weighted by atomic mass is 9.51. The summed E-state index contributed by atoms with van der Waals surface area (Å²) in [6.45, 7) is 2.04. The number of hydrogen-bond acceptors (Lipinski definition) is 4. The van der Waals surface area contributed by atoms with Gasteiger partial charge in [-0.15, -0.1) is 0 Å². The van der Waals surface area contributed by atoms with Crippen molar-refractivity contribution in [1.82, 2.24) is 0 Å². The van der Waals surface area contributed by atoms with Crippen molar-refractivity contribution in [2.45, 2.75) is 64.4 Å². The van der Waals surface area contributed by atoms with Crippen molar-refractivity contribution in [3.05, 3.63) is 71.3 Å². The molecule has 0 amide bonds. The van der Waals surface area contributed by atoms with E-state index in [1.54, 1.807) is 42.5 Å². The predicted molar refractivity (Wildman–Crippen MR) is 124 cm³/mol. The molecule has 1 saturated carbocycles. The van der Waals surface area contributed by atoms with E-state index in [0.29, 0.717) is 30.4 Å². The molecule has 6 heteroatoms. The van der Waals surface area contributed by atoms with E-state index in [0.717, 1.165) is 18.4 Å². The Hall–Kier alpha value is -2.99. The molecule has 176 valence electrons. The van der Waals surface area contributed by atoms with Crippen molar-refractivity contribution in [3.8, 4) is 0 Å². The van der Waals surface area contributed by atoms with Gasteiger partial charge in [0.15, 0.2) is 5.78 Å². The predicted octanol–water partition coefficient (Wildman–Crippen LogP) is 4.59. The minimum Gasteiger partial charge on any atom is -0.481 e. The van der Waals surface area contributed by atoms with Crippen LogP contribution in [0, 0.1) is 10.8 Å². The Bertz CT molecular complexity index is 1000. The van der Waals surface area contributed by atoms with Gasteiger partial charge in [0.1, 0.15) is 11.5 Å². The van der Waals surface area contributed by atoms with Gasteiger partial charge in [-0.05, 0) is 48.8 Å². The summed E-state index contributed by atoms with van der Waals surface area (Å²) in [7, 11) is 0. The first-order chi connectivity index (χ1) is 15.8. The van der Waals surface area contributed by atoms with Gasteiger partial charge in [-0.2, -0.15) is 0 Å². The molecule has 6 nitrogen and oxygen atoms in total. The molecule has 3 rings (SSSR count). The summed E-state index contributed by atoms with van der Waals surface area (Å²) >= 11 is 0. The Balaban J connectivity index is 2.13. The van der Waals surface area contributed by atoms with E-state index < -0.39 is 34.7 Å². The fourth-order valence-electron chi connectivity index (χ4n) is 5.36. The van der Waals surface area contributed by atoms with Crippen molar-refractivity contribution in [3.63, 3.8) is 0 Å². The zero-order chi connectivity index (χ0) is 24.1. The summed E-state index contributed by atoms with van der Waals surface area (Å²) in [5, 5.41) is 32.1. The Morgan fingerprint density at radius 3 is 2.18 bits per heavy atom. The van der Waals surface area contributed by atoms with Gasteiger partial charge in [0.05, 0.1) is 5.41 Å². The lowest BCUT2D eigenvalue weighted by Gasteiger charge is -2.48. The molecule has 3 unspecified atom stereocenters. The van der Waals surface area contributed by atoms with Gasteiger partial charge in [-0.3, -0.25) is 14.4 Å². The molecule has 0 heterocycles. The van der Waals surface area contributed by atoms with E-state index in [1.165, 1.54) is 0 Å². The second-order valence-electron chi connectivity index (χ2n) is 9.04. The van der Waals surface area contributed by atoms with Gasteiger partial charge in [0.25, 0.3) is 0 Å². The van der Waals surface area contributed by atoms with E-state index in [4.69, 9.17) is 0 Å². The standard InChI is InChI=1S/C27H32O6/c1-2-3-13-20-14-7-8-15-21(20)22(28)23(29)27(25(32)33)17-10-9-16-26(27,24(30)31)18-19-11-5-4-6-12-19/h4-8,11-12,14-15,22,28H,2-3,9-10,13,16-18H2,1H3,(H,30,31)(H,32,33). The van der Waals surface area contributed by atoms with Crippen molar-refractivity contribution in [2.24, 2.45) is 10.8 Å². The zero-order valence-corrected chi connectivity index (χ0v) is 19.0. The average Bonchev–Trinajstić information content (AvgIpc) is 2.82. The highest BCUT2D eigenvalue weighted by Gasteiger charge is 2.67. The number of carboxylic acid groups (broad SMARTS) is 2. The fraction of sp³-hybridized carbons (Fsp3) is 0.444. The number of aryl methyl sites for hydroxylation is 1. The SMILES string of the molecule is CCCCc1ccccc1C(O)C(=O)C1(C(=O)O)CCCCC1(Cc1ccccc1)C(=O)O. The number of unbranched alkanes of at least 4 members (excludes halogenated alkanes) is 1. The zero-order valence-electron chi connectivity index (χ0n) is 19.0. The molecule has 0 aromatic heterocycles. The molecule has 1 fully saturated rings. The van der Waals surface area contributed by atoms with Crippen LogP contribution in [-0.2, 0) is 27.2 Å². The maximum absolute atomic E-state index is 13.9. The second kappa shape index (κ2) is 10.3. The number of carboxylic acids is 2. The highest BCUT2D eigenvalue weighted by atomic mass is 16.4. The van der Waals surface area contributed by atoms with Gasteiger partial charge >= 0.3 is 11.9 Å². The lowest BCUT2D eigenvalue weighted by Crippen LogP contribution is -2.61. The Kier molecular flexibility index (Phi) is 7.69. The van der Waals surface area contributed by atoms with Crippen molar-refractivity contribution in [2.75, 3.05) is 0 Å². The van der Waals surface area contributed by atoms with Crippen LogP contribution in [0.5, 0.6) is 0 Å². The van der Waals surface area contributed by atoms with E-state index in [-0.39, 0.29) is 19.3 Å². The summed E-state index contributed by atoms with van der Waals surface area (Å²) in [5.41, 5.74) is -2.29. The van der Waals surface area contributed by atoms with Crippen LogP contribution >= 0.6 is 0 Å². The van der Waals surface area contributed by atoms with Gasteiger partial charge in [0, 0.05) is 0 Å². The number of carbonyl (C=O) groups excluding carboxylic acids is 1. The molecule has 33 heavy (non-hydrogen) atoms. The maximum atomic E-state index is 13.9. The summed E-state index contributed by atoms with van der Waals surface area (Å²) < 4.78 is 0. The first kappa shape index (κ1) is 24.6. The van der Waals surface area contributed by atoms with Gasteiger partial charge in [-0.25, -0.2) is 0 Å². The van der Waals surface area contributed by atoms with Crippen LogP contribution in [0.3, 0.4) is 0 Å². The van der Waals surface area contributed by atoms with Crippen molar-refractivity contribution >= 4 is 17.7 Å². The number of benzene rings is 2. The number of aliphatic hydroxyl groups is 1. The number of Topliss-reactive ketones (excluding diaryl/α,β-unsaturated/α-hetero) is 1. The third-order valence-electron chi connectivity index (χ3n) is 7.16. The largest absolute Gasteiger partial charge is 0.481 e. The summed E-state index contributed by atoms with van der Waals surface area (Å²) in [5.74, 6) is -3.72. The van der Waals surface area contributed by atoms with Crippen LogP contribution in [-0.4, -0.2) is 33.0 Å². The van der Waals surface area contributed by atoms with Crippen LogP contribution in [0.15, 0.2) is 54.6 Å². The number of ketones is 1. The molecular formula is C27H32O6. The molecule has 0 spiro atoms.